The van der Waals surface area contributed by atoms with Crippen LogP contribution < -0.4 is 14.2 Å². The Morgan fingerprint density at radius 1 is 1.11 bits per heavy atom. The number of carbonyl (C=O) groups excluding carboxylic acids is 2. The highest BCUT2D eigenvalue weighted by Gasteiger charge is 2.23. The number of aromatic nitrogens is 1. The number of hydrogen-bond acceptors (Lipinski definition) is 9. The van der Waals surface area contributed by atoms with E-state index < -0.39 is 28.3 Å². The minimum atomic E-state index is -3.97. The molecule has 38 heavy (non-hydrogen) atoms. The summed E-state index contributed by atoms with van der Waals surface area (Å²) in [6.07, 6.45) is 1.45. The molecule has 0 radical (unpaired) electrons. The van der Waals surface area contributed by atoms with Crippen molar-refractivity contribution in [2.45, 2.75) is 26.3 Å². The Balaban J connectivity index is 1.83. The van der Waals surface area contributed by atoms with Crippen LogP contribution in [-0.2, 0) is 23.0 Å². The maximum absolute atomic E-state index is 13.6. The summed E-state index contributed by atoms with van der Waals surface area (Å²) in [5, 5.41) is 10.8. The molecule has 0 aliphatic carbocycles. The normalized spacial score (nSPS) is 11.2. The number of aliphatic hydroxyl groups excluding tert-OH is 1. The molecule has 0 bridgehead atoms. The monoisotopic (exact) mass is 561 g/mol. The highest BCUT2D eigenvalue weighted by atomic mass is 32.2. The molecule has 0 unspecified atom stereocenters. The molecule has 10 nitrogen and oxygen atoms in total. The number of thiazole rings is 1. The lowest BCUT2D eigenvalue weighted by Gasteiger charge is -2.23. The van der Waals surface area contributed by atoms with Crippen molar-refractivity contribution in [1.29, 1.82) is 0 Å². The zero-order chi connectivity index (χ0) is 27.7. The minimum absolute atomic E-state index is 0.0816. The number of hydrogen-bond donors (Lipinski definition) is 2. The van der Waals surface area contributed by atoms with Gasteiger partial charge in [0.25, 0.3) is 11.8 Å². The number of aryl methyl sites for hydroxylation is 1. The largest absolute Gasteiger partial charge is 0.496 e. The first-order valence-corrected chi connectivity index (χ1v) is 14.4. The number of methoxy groups -OCH3 is 2. The van der Waals surface area contributed by atoms with Crippen LogP contribution in [0.25, 0.3) is 0 Å². The van der Waals surface area contributed by atoms with E-state index >= 15 is 0 Å². The Labute approximate surface area is 226 Å². The summed E-state index contributed by atoms with van der Waals surface area (Å²) in [5.74, 6) is -0.705. The first-order valence-electron chi connectivity index (χ1n) is 11.8. The van der Waals surface area contributed by atoms with Gasteiger partial charge in [-0.3, -0.25) is 9.59 Å². The van der Waals surface area contributed by atoms with Crippen LogP contribution in [0.4, 0.5) is 0 Å². The number of carbonyl (C=O) groups is 2. The fourth-order valence-electron chi connectivity index (χ4n) is 3.78. The second kappa shape index (κ2) is 13.4. The van der Waals surface area contributed by atoms with E-state index in [1.54, 1.807) is 17.0 Å². The van der Waals surface area contributed by atoms with Crippen molar-refractivity contribution in [1.82, 2.24) is 14.6 Å². The van der Waals surface area contributed by atoms with Gasteiger partial charge in [-0.1, -0.05) is 30.3 Å². The first-order chi connectivity index (χ1) is 18.2. The highest BCUT2D eigenvalue weighted by molar-refractivity contribution is 7.90. The van der Waals surface area contributed by atoms with E-state index in [1.807, 2.05) is 42.0 Å². The van der Waals surface area contributed by atoms with E-state index in [4.69, 9.17) is 14.6 Å². The van der Waals surface area contributed by atoms with Crippen molar-refractivity contribution < 1.29 is 32.6 Å². The van der Waals surface area contributed by atoms with Crippen molar-refractivity contribution in [3.63, 3.8) is 0 Å². The number of aliphatic hydroxyl groups is 1. The van der Waals surface area contributed by atoms with Crippen LogP contribution in [0.2, 0.25) is 0 Å². The third-order valence-electron chi connectivity index (χ3n) is 5.74. The number of rotatable bonds is 13. The Hall–Kier alpha value is -3.48. The van der Waals surface area contributed by atoms with E-state index in [-0.39, 0.29) is 18.1 Å². The molecule has 3 aromatic rings. The number of nitrogens with zero attached hydrogens (tertiary/aromatic N) is 2. The molecule has 3 rings (SSSR count). The molecule has 0 aliphatic heterocycles. The summed E-state index contributed by atoms with van der Waals surface area (Å²) in [6, 6.07) is 13.3. The standard InChI is InChI=1S/C26H31N3O7S2/c1-18-22(35-2)14-20(15-23(18)36-3)26(32)29(11-7-10-19-8-5-4-6-9-19)16-24-27-21(17-37-24)25(31)28-38(33,34)13-12-30/h4-6,8-9,14-15,17,30H,7,10-13,16H2,1-3H3,(H,28,31). The smallest absolute Gasteiger partial charge is 0.284 e. The number of ether oxygens (including phenoxy) is 2. The highest BCUT2D eigenvalue weighted by Crippen LogP contribution is 2.30. The summed E-state index contributed by atoms with van der Waals surface area (Å²) in [7, 11) is -0.922. The van der Waals surface area contributed by atoms with E-state index in [0.717, 1.165) is 28.9 Å². The van der Waals surface area contributed by atoms with Gasteiger partial charge in [-0.05, 0) is 37.5 Å². The first kappa shape index (κ1) is 29.1. The van der Waals surface area contributed by atoms with E-state index in [1.165, 1.54) is 19.6 Å². The van der Waals surface area contributed by atoms with Gasteiger partial charge in [-0.15, -0.1) is 11.3 Å². The van der Waals surface area contributed by atoms with Gasteiger partial charge in [0.1, 0.15) is 22.2 Å². The van der Waals surface area contributed by atoms with Crippen LogP contribution >= 0.6 is 11.3 Å². The molecular formula is C26H31N3O7S2. The average molecular weight is 562 g/mol. The SMILES string of the molecule is COc1cc(C(=O)N(CCCc2ccccc2)Cc2nc(C(=O)NS(=O)(=O)CCO)cs2)cc(OC)c1C. The Morgan fingerprint density at radius 2 is 1.76 bits per heavy atom. The second-order valence-electron chi connectivity index (χ2n) is 8.42. The van der Waals surface area contributed by atoms with E-state index in [0.29, 0.717) is 35.0 Å². The molecule has 1 aromatic heterocycles. The fourth-order valence-corrected chi connectivity index (χ4v) is 5.30. The zero-order valence-electron chi connectivity index (χ0n) is 21.5. The van der Waals surface area contributed by atoms with Gasteiger partial charge in [-0.25, -0.2) is 18.1 Å². The van der Waals surface area contributed by atoms with Gasteiger partial charge >= 0.3 is 0 Å². The molecule has 0 atom stereocenters. The van der Waals surface area contributed by atoms with Crippen LogP contribution in [0, 0.1) is 6.92 Å². The Kier molecular flexibility index (Phi) is 10.2. The van der Waals surface area contributed by atoms with Crippen molar-refractivity contribution in [3.05, 3.63) is 75.2 Å². The van der Waals surface area contributed by atoms with Crippen molar-refractivity contribution in [2.24, 2.45) is 0 Å². The second-order valence-corrected chi connectivity index (χ2v) is 11.2. The molecule has 1 heterocycles. The summed E-state index contributed by atoms with van der Waals surface area (Å²) in [4.78, 5) is 31.9. The summed E-state index contributed by atoms with van der Waals surface area (Å²) < 4.78 is 36.4. The summed E-state index contributed by atoms with van der Waals surface area (Å²) in [6.45, 7) is 1.76. The van der Waals surface area contributed by atoms with Crippen molar-refractivity contribution in [2.75, 3.05) is 33.1 Å². The van der Waals surface area contributed by atoms with Crippen LogP contribution in [0.3, 0.4) is 0 Å². The molecule has 204 valence electrons. The molecule has 2 N–H and O–H groups in total. The molecule has 0 spiro atoms. The van der Waals surface area contributed by atoms with Crippen molar-refractivity contribution in [3.8, 4) is 11.5 Å². The minimum Gasteiger partial charge on any atom is -0.496 e. The number of nitrogens with one attached hydrogen (secondary N) is 1. The lowest BCUT2D eigenvalue weighted by Crippen LogP contribution is -2.34. The maximum Gasteiger partial charge on any atom is 0.284 e. The van der Waals surface area contributed by atoms with Crippen LogP contribution in [0.15, 0.2) is 47.8 Å². The van der Waals surface area contributed by atoms with Gasteiger partial charge in [0, 0.05) is 23.1 Å². The van der Waals surface area contributed by atoms with Gasteiger partial charge < -0.3 is 19.5 Å². The fraction of sp³-hybridized carbons (Fsp3) is 0.346. The predicted octanol–water partition coefficient (Wildman–Crippen LogP) is 2.80. The molecular weight excluding hydrogens is 530 g/mol. The van der Waals surface area contributed by atoms with Gasteiger partial charge in [0.2, 0.25) is 10.0 Å². The summed E-state index contributed by atoms with van der Waals surface area (Å²) >= 11 is 1.15. The third-order valence-corrected chi connectivity index (χ3v) is 7.79. The quantitative estimate of drug-likeness (QED) is 0.325. The number of benzene rings is 2. The van der Waals surface area contributed by atoms with Crippen LogP contribution in [-0.4, -0.2) is 68.3 Å². The third kappa shape index (κ3) is 7.76. The van der Waals surface area contributed by atoms with E-state index in [9.17, 15) is 18.0 Å². The Bertz CT molecular complexity index is 1330. The molecule has 2 aromatic carbocycles. The molecule has 0 saturated heterocycles. The molecule has 0 saturated carbocycles. The average Bonchev–Trinajstić information content (AvgIpc) is 3.37. The van der Waals surface area contributed by atoms with Gasteiger partial charge in [-0.2, -0.15) is 0 Å². The van der Waals surface area contributed by atoms with Crippen LogP contribution in [0.1, 0.15) is 43.4 Å². The summed E-state index contributed by atoms with van der Waals surface area (Å²) in [5.41, 5.74) is 2.22. The van der Waals surface area contributed by atoms with Crippen LogP contribution in [0.5, 0.6) is 11.5 Å². The Morgan fingerprint density at radius 3 is 2.37 bits per heavy atom. The maximum atomic E-state index is 13.6. The van der Waals surface area contributed by atoms with E-state index in [2.05, 4.69) is 4.98 Å². The predicted molar refractivity (Wildman–Crippen MR) is 144 cm³/mol. The number of sulfonamides is 1. The molecule has 0 aliphatic rings. The van der Waals surface area contributed by atoms with Gasteiger partial charge in [0.15, 0.2) is 0 Å². The number of amides is 2. The lowest BCUT2D eigenvalue weighted by atomic mass is 10.1. The topological polar surface area (TPSA) is 135 Å². The van der Waals surface area contributed by atoms with Gasteiger partial charge in [0.05, 0.1) is 33.1 Å². The molecule has 12 heteroatoms. The van der Waals surface area contributed by atoms with Crippen molar-refractivity contribution >= 4 is 33.2 Å². The zero-order valence-corrected chi connectivity index (χ0v) is 23.1. The lowest BCUT2D eigenvalue weighted by molar-refractivity contribution is 0.0740. The molecule has 0 fully saturated rings. The molecule has 2 amide bonds.